The fourth-order valence-electron chi connectivity index (χ4n) is 2.77. The average Bonchev–Trinajstić information content (AvgIpc) is 2.30. The summed E-state index contributed by atoms with van der Waals surface area (Å²) in [7, 11) is 2.13. The lowest BCUT2D eigenvalue weighted by molar-refractivity contribution is -0.0386. The molecule has 0 radical (unpaired) electrons. The van der Waals surface area contributed by atoms with Crippen LogP contribution in [-0.2, 0) is 4.74 Å². The molecule has 0 bridgehead atoms. The normalized spacial score (nSPS) is 27.2. The Morgan fingerprint density at radius 3 is 2.56 bits per heavy atom. The van der Waals surface area contributed by atoms with Gasteiger partial charge in [0.15, 0.2) is 0 Å². The van der Waals surface area contributed by atoms with Crippen molar-refractivity contribution in [3.63, 3.8) is 0 Å². The molecule has 0 saturated carbocycles. The summed E-state index contributed by atoms with van der Waals surface area (Å²) in [6.45, 7) is 4.43. The molecular formula is C12H24N2O2. The molecule has 2 fully saturated rings. The monoisotopic (exact) mass is 228 g/mol. The minimum absolute atomic E-state index is 0.474. The highest BCUT2D eigenvalue weighted by Crippen LogP contribution is 2.22. The highest BCUT2D eigenvalue weighted by atomic mass is 16.5. The van der Waals surface area contributed by atoms with Crippen LogP contribution in [0.2, 0.25) is 0 Å². The Morgan fingerprint density at radius 2 is 1.94 bits per heavy atom. The Morgan fingerprint density at radius 1 is 1.31 bits per heavy atom. The van der Waals surface area contributed by atoms with E-state index in [-0.39, 0.29) is 0 Å². The first kappa shape index (κ1) is 12.3. The number of likely N-dealkylation sites (N-methyl/N-ethyl adjacent to an activating group) is 1. The van der Waals surface area contributed by atoms with Crippen LogP contribution in [0, 0.1) is 0 Å². The lowest BCUT2D eigenvalue weighted by atomic mass is 9.91. The van der Waals surface area contributed by atoms with Gasteiger partial charge in [0.2, 0.25) is 0 Å². The largest absolute Gasteiger partial charge is 0.388 e. The predicted octanol–water partition coefficient (Wildman–Crippen LogP) is 0.212. The molecule has 4 heteroatoms. The highest BCUT2D eigenvalue weighted by molar-refractivity contribution is 4.88. The SMILES string of the molecule is CN(CC1(O)CCNCC1)C1CCOCC1. The van der Waals surface area contributed by atoms with Gasteiger partial charge in [-0.15, -0.1) is 0 Å². The topological polar surface area (TPSA) is 44.7 Å². The Balaban J connectivity index is 1.82. The first-order valence-corrected chi connectivity index (χ1v) is 6.41. The van der Waals surface area contributed by atoms with Gasteiger partial charge >= 0.3 is 0 Å². The van der Waals surface area contributed by atoms with Crippen molar-refractivity contribution in [2.45, 2.75) is 37.3 Å². The fourth-order valence-corrected chi connectivity index (χ4v) is 2.77. The van der Waals surface area contributed by atoms with E-state index in [1.165, 1.54) is 0 Å². The molecule has 0 amide bonds. The van der Waals surface area contributed by atoms with Crippen molar-refractivity contribution in [2.75, 3.05) is 39.9 Å². The van der Waals surface area contributed by atoms with E-state index in [0.717, 1.165) is 58.5 Å². The van der Waals surface area contributed by atoms with E-state index >= 15 is 0 Å². The van der Waals surface area contributed by atoms with Gasteiger partial charge in [0.05, 0.1) is 5.60 Å². The number of nitrogens with zero attached hydrogens (tertiary/aromatic N) is 1. The van der Waals surface area contributed by atoms with E-state index in [9.17, 15) is 5.11 Å². The standard InChI is InChI=1S/C12H24N2O2/c1-14(11-2-8-16-9-3-11)10-12(15)4-6-13-7-5-12/h11,13,15H,2-10H2,1H3. The van der Waals surface area contributed by atoms with Crippen molar-refractivity contribution in [1.29, 1.82) is 0 Å². The molecule has 0 aromatic rings. The van der Waals surface area contributed by atoms with E-state index in [0.29, 0.717) is 6.04 Å². The van der Waals surface area contributed by atoms with Gasteiger partial charge in [-0.3, -0.25) is 0 Å². The molecule has 2 aliphatic rings. The molecule has 4 nitrogen and oxygen atoms in total. The van der Waals surface area contributed by atoms with Crippen LogP contribution in [0.3, 0.4) is 0 Å². The van der Waals surface area contributed by atoms with Crippen molar-refractivity contribution in [3.05, 3.63) is 0 Å². The van der Waals surface area contributed by atoms with Gasteiger partial charge in [-0.1, -0.05) is 0 Å². The zero-order valence-corrected chi connectivity index (χ0v) is 10.2. The summed E-state index contributed by atoms with van der Waals surface area (Å²) in [5.74, 6) is 0. The molecule has 0 spiro atoms. The zero-order chi connectivity index (χ0) is 11.4. The summed E-state index contributed by atoms with van der Waals surface area (Å²) in [5, 5.41) is 13.8. The second kappa shape index (κ2) is 5.45. The summed E-state index contributed by atoms with van der Waals surface area (Å²) in [6, 6.07) is 0.590. The Labute approximate surface area is 98.0 Å². The molecule has 0 atom stereocenters. The first-order chi connectivity index (χ1) is 7.70. The Bertz CT molecular complexity index is 211. The molecule has 2 heterocycles. The first-order valence-electron chi connectivity index (χ1n) is 6.41. The van der Waals surface area contributed by atoms with Gasteiger partial charge in [-0.25, -0.2) is 0 Å². The number of ether oxygens (including phenoxy) is 1. The number of rotatable bonds is 3. The smallest absolute Gasteiger partial charge is 0.0798 e. The average molecular weight is 228 g/mol. The van der Waals surface area contributed by atoms with Crippen LogP contribution in [0.15, 0.2) is 0 Å². The van der Waals surface area contributed by atoms with Crippen molar-refractivity contribution in [1.82, 2.24) is 10.2 Å². The quantitative estimate of drug-likeness (QED) is 0.725. The van der Waals surface area contributed by atoms with Crippen LogP contribution >= 0.6 is 0 Å². The molecule has 2 rings (SSSR count). The van der Waals surface area contributed by atoms with E-state index in [1.54, 1.807) is 0 Å². The van der Waals surface area contributed by atoms with E-state index < -0.39 is 5.60 Å². The van der Waals surface area contributed by atoms with E-state index in [2.05, 4.69) is 17.3 Å². The summed E-state index contributed by atoms with van der Waals surface area (Å²) >= 11 is 0. The molecule has 2 N–H and O–H groups in total. The van der Waals surface area contributed by atoms with Gasteiger partial charge in [0.25, 0.3) is 0 Å². The number of piperidine rings is 1. The number of aliphatic hydroxyl groups is 1. The molecule has 2 saturated heterocycles. The molecule has 94 valence electrons. The lowest BCUT2D eigenvalue weighted by Crippen LogP contribution is -2.51. The maximum Gasteiger partial charge on any atom is 0.0798 e. The maximum absolute atomic E-state index is 10.5. The summed E-state index contributed by atoms with van der Waals surface area (Å²) < 4.78 is 5.37. The van der Waals surface area contributed by atoms with Gasteiger partial charge in [0, 0.05) is 25.8 Å². The molecular weight excluding hydrogens is 204 g/mol. The van der Waals surface area contributed by atoms with Crippen LogP contribution in [-0.4, -0.2) is 61.5 Å². The van der Waals surface area contributed by atoms with Crippen LogP contribution in [0.1, 0.15) is 25.7 Å². The van der Waals surface area contributed by atoms with Gasteiger partial charge < -0.3 is 20.1 Å². The molecule has 0 aromatic carbocycles. The molecule has 16 heavy (non-hydrogen) atoms. The van der Waals surface area contributed by atoms with E-state index in [4.69, 9.17) is 4.74 Å². The van der Waals surface area contributed by atoms with Crippen LogP contribution in [0.5, 0.6) is 0 Å². The van der Waals surface area contributed by atoms with Crippen molar-refractivity contribution >= 4 is 0 Å². The molecule has 0 unspecified atom stereocenters. The fraction of sp³-hybridized carbons (Fsp3) is 1.00. The molecule has 0 aliphatic carbocycles. The van der Waals surface area contributed by atoms with Crippen molar-refractivity contribution < 1.29 is 9.84 Å². The minimum Gasteiger partial charge on any atom is -0.388 e. The number of nitrogens with one attached hydrogen (secondary N) is 1. The molecule has 2 aliphatic heterocycles. The summed E-state index contributed by atoms with van der Waals surface area (Å²) in [5.41, 5.74) is -0.474. The third-order valence-corrected chi connectivity index (χ3v) is 3.89. The van der Waals surface area contributed by atoms with Crippen LogP contribution in [0.25, 0.3) is 0 Å². The third kappa shape index (κ3) is 3.17. The van der Waals surface area contributed by atoms with Crippen LogP contribution < -0.4 is 5.32 Å². The second-order valence-electron chi connectivity index (χ2n) is 5.23. The van der Waals surface area contributed by atoms with Gasteiger partial charge in [0.1, 0.15) is 0 Å². The maximum atomic E-state index is 10.5. The number of hydrogen-bond donors (Lipinski definition) is 2. The predicted molar refractivity (Wildman–Crippen MR) is 63.5 cm³/mol. The summed E-state index contributed by atoms with van der Waals surface area (Å²) in [4.78, 5) is 2.33. The van der Waals surface area contributed by atoms with Gasteiger partial charge in [-0.05, 0) is 45.8 Å². The van der Waals surface area contributed by atoms with Crippen molar-refractivity contribution in [2.24, 2.45) is 0 Å². The van der Waals surface area contributed by atoms with Crippen LogP contribution in [0.4, 0.5) is 0 Å². The van der Waals surface area contributed by atoms with Crippen molar-refractivity contribution in [3.8, 4) is 0 Å². The third-order valence-electron chi connectivity index (χ3n) is 3.89. The molecule has 0 aromatic heterocycles. The zero-order valence-electron chi connectivity index (χ0n) is 10.2. The van der Waals surface area contributed by atoms with E-state index in [1.807, 2.05) is 0 Å². The van der Waals surface area contributed by atoms with Gasteiger partial charge in [-0.2, -0.15) is 0 Å². The Kier molecular flexibility index (Phi) is 4.19. The number of hydrogen-bond acceptors (Lipinski definition) is 4. The second-order valence-corrected chi connectivity index (χ2v) is 5.23. The highest BCUT2D eigenvalue weighted by Gasteiger charge is 2.32. The lowest BCUT2D eigenvalue weighted by Gasteiger charge is -2.39. The Hall–Kier alpha value is -0.160. The minimum atomic E-state index is -0.474. The summed E-state index contributed by atoms with van der Waals surface area (Å²) in [6.07, 6.45) is 3.96.